The molecule has 0 saturated carbocycles. The maximum absolute atomic E-state index is 12.6. The topological polar surface area (TPSA) is 84.4 Å². The van der Waals surface area contributed by atoms with Crippen LogP contribution < -0.4 is 5.32 Å². The Labute approximate surface area is 198 Å². The van der Waals surface area contributed by atoms with E-state index < -0.39 is 5.60 Å². The Balaban J connectivity index is 1.47. The smallest absolute Gasteiger partial charge is 0.410 e. The van der Waals surface area contributed by atoms with E-state index in [-0.39, 0.29) is 18.4 Å². The number of hydrogen-bond acceptors (Lipinski definition) is 6. The van der Waals surface area contributed by atoms with Crippen LogP contribution in [0.4, 0.5) is 4.79 Å². The summed E-state index contributed by atoms with van der Waals surface area (Å²) >= 11 is 1.53. The number of ether oxygens (including phenoxy) is 1. The van der Waals surface area contributed by atoms with E-state index in [9.17, 15) is 9.59 Å². The van der Waals surface area contributed by atoms with Crippen LogP contribution >= 0.6 is 11.3 Å². The molecule has 0 saturated heterocycles. The van der Waals surface area contributed by atoms with Gasteiger partial charge in [0.15, 0.2) is 0 Å². The Morgan fingerprint density at radius 1 is 1.12 bits per heavy atom. The molecule has 0 fully saturated rings. The highest BCUT2D eigenvalue weighted by Gasteiger charge is 2.22. The van der Waals surface area contributed by atoms with Gasteiger partial charge in [-0.05, 0) is 38.8 Å². The van der Waals surface area contributed by atoms with Gasteiger partial charge < -0.3 is 15.0 Å². The van der Waals surface area contributed by atoms with Gasteiger partial charge in [-0.1, -0.05) is 36.4 Å². The molecule has 0 aliphatic carbocycles. The minimum Gasteiger partial charge on any atom is -0.444 e. The van der Waals surface area contributed by atoms with Crippen molar-refractivity contribution < 1.29 is 14.3 Å². The number of carbonyl (C=O) groups excluding carboxylic acids is 2. The van der Waals surface area contributed by atoms with Crippen molar-refractivity contribution in [1.82, 2.24) is 20.2 Å². The molecule has 174 valence electrons. The molecule has 0 spiro atoms. The molecule has 0 atom stereocenters. The Morgan fingerprint density at radius 2 is 1.91 bits per heavy atom. The highest BCUT2D eigenvalue weighted by molar-refractivity contribution is 7.13. The molecule has 0 aliphatic heterocycles. The van der Waals surface area contributed by atoms with Crippen molar-refractivity contribution in [2.24, 2.45) is 0 Å². The van der Waals surface area contributed by atoms with E-state index >= 15 is 0 Å². The molecule has 8 heteroatoms. The van der Waals surface area contributed by atoms with E-state index in [1.807, 2.05) is 68.6 Å². The number of carbonyl (C=O) groups is 2. The average Bonchev–Trinajstić information content (AvgIpc) is 3.24. The van der Waals surface area contributed by atoms with Crippen LogP contribution in [0.5, 0.6) is 0 Å². The molecule has 2 aromatic heterocycles. The summed E-state index contributed by atoms with van der Waals surface area (Å²) < 4.78 is 5.54. The molecular formula is C25H30N4O3S. The van der Waals surface area contributed by atoms with Gasteiger partial charge in [-0.2, -0.15) is 0 Å². The van der Waals surface area contributed by atoms with E-state index in [1.165, 1.54) is 11.3 Å². The minimum absolute atomic E-state index is 0.0870. The van der Waals surface area contributed by atoms with Gasteiger partial charge in [0.05, 0.1) is 18.7 Å². The molecule has 0 radical (unpaired) electrons. The van der Waals surface area contributed by atoms with Crippen molar-refractivity contribution in [3.63, 3.8) is 0 Å². The summed E-state index contributed by atoms with van der Waals surface area (Å²) in [5.41, 5.74) is 2.14. The van der Waals surface area contributed by atoms with Crippen LogP contribution in [0.15, 0.2) is 60.2 Å². The summed E-state index contributed by atoms with van der Waals surface area (Å²) in [4.78, 5) is 35.3. The van der Waals surface area contributed by atoms with Crippen LogP contribution in [0, 0.1) is 0 Å². The molecular weight excluding hydrogens is 436 g/mol. The fourth-order valence-corrected chi connectivity index (χ4v) is 3.93. The number of amides is 2. The van der Waals surface area contributed by atoms with Crippen molar-refractivity contribution in [1.29, 1.82) is 0 Å². The SMILES string of the molecule is CC(C)(C)OC(=O)N(CCCNC(=O)Cc1csc(-c2ccccc2)n1)Cc1cccnc1. The highest BCUT2D eigenvalue weighted by atomic mass is 32.1. The molecule has 1 aromatic carbocycles. The fourth-order valence-electron chi connectivity index (χ4n) is 3.10. The van der Waals surface area contributed by atoms with E-state index in [0.717, 1.165) is 21.8 Å². The van der Waals surface area contributed by atoms with Crippen LogP contribution in [-0.2, 0) is 22.5 Å². The number of nitrogens with zero attached hydrogens (tertiary/aromatic N) is 3. The first-order valence-corrected chi connectivity index (χ1v) is 11.8. The minimum atomic E-state index is -0.579. The van der Waals surface area contributed by atoms with Crippen molar-refractivity contribution in [2.75, 3.05) is 13.1 Å². The van der Waals surface area contributed by atoms with Gasteiger partial charge in [-0.3, -0.25) is 9.78 Å². The monoisotopic (exact) mass is 466 g/mol. The van der Waals surface area contributed by atoms with Gasteiger partial charge in [-0.25, -0.2) is 9.78 Å². The molecule has 3 aromatic rings. The number of benzene rings is 1. The lowest BCUT2D eigenvalue weighted by atomic mass is 10.2. The highest BCUT2D eigenvalue weighted by Crippen LogP contribution is 2.23. The van der Waals surface area contributed by atoms with Gasteiger partial charge in [0.1, 0.15) is 10.6 Å². The molecule has 0 unspecified atom stereocenters. The average molecular weight is 467 g/mol. The Kier molecular flexibility index (Phi) is 8.54. The quantitative estimate of drug-likeness (QED) is 0.463. The zero-order valence-electron chi connectivity index (χ0n) is 19.3. The zero-order valence-corrected chi connectivity index (χ0v) is 20.1. The lowest BCUT2D eigenvalue weighted by molar-refractivity contribution is -0.120. The van der Waals surface area contributed by atoms with Crippen LogP contribution in [-0.4, -0.2) is 45.6 Å². The van der Waals surface area contributed by atoms with Crippen LogP contribution in [0.3, 0.4) is 0 Å². The second-order valence-corrected chi connectivity index (χ2v) is 9.51. The molecule has 1 N–H and O–H groups in total. The summed E-state index contributed by atoms with van der Waals surface area (Å²) in [6.45, 7) is 6.84. The molecule has 0 aliphatic rings. The lowest BCUT2D eigenvalue weighted by Crippen LogP contribution is -2.38. The number of pyridine rings is 1. The Bertz CT molecular complexity index is 1030. The van der Waals surface area contributed by atoms with Crippen molar-refractivity contribution in [2.45, 2.75) is 45.8 Å². The first-order valence-electron chi connectivity index (χ1n) is 10.9. The Morgan fingerprint density at radius 3 is 2.61 bits per heavy atom. The van der Waals surface area contributed by atoms with Gasteiger partial charge in [-0.15, -0.1) is 11.3 Å². The molecule has 2 heterocycles. The number of hydrogen-bond donors (Lipinski definition) is 1. The largest absolute Gasteiger partial charge is 0.444 e. The van der Waals surface area contributed by atoms with E-state index in [4.69, 9.17) is 4.74 Å². The summed E-state index contributed by atoms with van der Waals surface area (Å²) in [6.07, 6.45) is 3.89. The number of nitrogens with one attached hydrogen (secondary N) is 1. The number of aromatic nitrogens is 2. The van der Waals surface area contributed by atoms with E-state index in [0.29, 0.717) is 26.1 Å². The third kappa shape index (κ3) is 8.31. The van der Waals surface area contributed by atoms with Gasteiger partial charge in [0.2, 0.25) is 5.91 Å². The number of thiazole rings is 1. The molecule has 2 amide bonds. The summed E-state index contributed by atoms with van der Waals surface area (Å²) in [7, 11) is 0. The van der Waals surface area contributed by atoms with Crippen LogP contribution in [0.2, 0.25) is 0 Å². The summed E-state index contributed by atoms with van der Waals surface area (Å²) in [5, 5.41) is 5.74. The second kappa shape index (κ2) is 11.6. The first-order chi connectivity index (χ1) is 15.8. The van der Waals surface area contributed by atoms with Crippen LogP contribution in [0.25, 0.3) is 10.6 Å². The summed E-state index contributed by atoms with van der Waals surface area (Å²) in [5.74, 6) is -0.0870. The van der Waals surface area contributed by atoms with E-state index in [2.05, 4.69) is 15.3 Å². The Hall–Kier alpha value is -3.26. The van der Waals surface area contributed by atoms with Gasteiger partial charge >= 0.3 is 6.09 Å². The lowest BCUT2D eigenvalue weighted by Gasteiger charge is -2.27. The molecule has 0 bridgehead atoms. The van der Waals surface area contributed by atoms with E-state index in [1.54, 1.807) is 17.3 Å². The summed E-state index contributed by atoms with van der Waals surface area (Å²) in [6, 6.07) is 13.7. The maximum atomic E-state index is 12.6. The third-order valence-corrected chi connectivity index (χ3v) is 5.53. The first kappa shape index (κ1) is 24.4. The van der Waals surface area contributed by atoms with Crippen molar-refractivity contribution in [3.8, 4) is 10.6 Å². The second-order valence-electron chi connectivity index (χ2n) is 8.65. The third-order valence-electron chi connectivity index (χ3n) is 4.59. The molecule has 3 rings (SSSR count). The van der Waals surface area contributed by atoms with Gasteiger partial charge in [0, 0.05) is 36.4 Å². The molecule has 7 nitrogen and oxygen atoms in total. The zero-order chi connectivity index (χ0) is 23.7. The predicted molar refractivity (Wildman–Crippen MR) is 130 cm³/mol. The molecule has 33 heavy (non-hydrogen) atoms. The standard InChI is InChI=1S/C25H30N4O3S/c1-25(2,3)32-24(31)29(17-19-9-7-12-26-16-19)14-8-13-27-22(30)15-21-18-33-23(28-21)20-10-5-4-6-11-20/h4-7,9-12,16,18H,8,13-15,17H2,1-3H3,(H,27,30). The number of rotatable bonds is 9. The predicted octanol–water partition coefficient (Wildman–Crippen LogP) is 4.69. The normalized spacial score (nSPS) is 11.1. The van der Waals surface area contributed by atoms with Crippen LogP contribution in [0.1, 0.15) is 38.4 Å². The maximum Gasteiger partial charge on any atom is 0.410 e. The fraction of sp³-hybridized carbons (Fsp3) is 0.360. The van der Waals surface area contributed by atoms with Gasteiger partial charge in [0.25, 0.3) is 0 Å². The van der Waals surface area contributed by atoms with Crippen molar-refractivity contribution >= 4 is 23.3 Å². The van der Waals surface area contributed by atoms with Crippen molar-refractivity contribution in [3.05, 3.63) is 71.5 Å².